The minimum absolute atomic E-state index is 0.00761. The van der Waals surface area contributed by atoms with Crippen molar-refractivity contribution >= 4 is 5.69 Å². The number of nitrogens with zero attached hydrogens (tertiary/aromatic N) is 1. The third-order valence-corrected chi connectivity index (χ3v) is 4.04. The Kier molecular flexibility index (Phi) is 3.56. The van der Waals surface area contributed by atoms with E-state index in [-0.39, 0.29) is 11.1 Å². The van der Waals surface area contributed by atoms with E-state index < -0.39 is 16.5 Å². The molecule has 5 nitrogen and oxygen atoms in total. The predicted molar refractivity (Wildman–Crippen MR) is 81.5 cm³/mol. The van der Waals surface area contributed by atoms with E-state index in [0.717, 1.165) is 0 Å². The van der Waals surface area contributed by atoms with Gasteiger partial charge >= 0.3 is 0 Å². The van der Waals surface area contributed by atoms with E-state index in [0.29, 0.717) is 17.9 Å². The van der Waals surface area contributed by atoms with Gasteiger partial charge in [0.15, 0.2) is 0 Å². The van der Waals surface area contributed by atoms with Crippen LogP contribution in [0.1, 0.15) is 19.4 Å². The highest BCUT2D eigenvalue weighted by Crippen LogP contribution is 2.52. The molecule has 0 bridgehead atoms. The van der Waals surface area contributed by atoms with E-state index in [9.17, 15) is 14.5 Å². The molecule has 120 valence electrons. The Morgan fingerprint density at radius 3 is 2.39 bits per heavy atom. The van der Waals surface area contributed by atoms with Crippen LogP contribution in [-0.2, 0) is 10.5 Å². The summed E-state index contributed by atoms with van der Waals surface area (Å²) < 4.78 is 25.1. The van der Waals surface area contributed by atoms with Gasteiger partial charge in [0.25, 0.3) is 5.69 Å². The molecule has 2 aromatic carbocycles. The van der Waals surface area contributed by atoms with Crippen molar-refractivity contribution in [1.82, 2.24) is 0 Å². The molecule has 0 spiro atoms. The zero-order valence-electron chi connectivity index (χ0n) is 12.8. The Morgan fingerprint density at radius 1 is 1.22 bits per heavy atom. The summed E-state index contributed by atoms with van der Waals surface area (Å²) in [5.74, 6) is -1.16. The molecular formula is C17H16FNO4. The van der Waals surface area contributed by atoms with Crippen molar-refractivity contribution in [3.05, 3.63) is 70.0 Å². The summed E-state index contributed by atoms with van der Waals surface area (Å²) in [5, 5.41) is 10.8. The quantitative estimate of drug-likeness (QED) is 0.631. The molecule has 0 aromatic heterocycles. The molecule has 0 amide bonds. The third kappa shape index (κ3) is 2.55. The molecule has 1 saturated heterocycles. The molecule has 1 unspecified atom stereocenters. The molecule has 1 aliphatic rings. The second kappa shape index (κ2) is 5.31. The lowest BCUT2D eigenvalue weighted by Crippen LogP contribution is -2.61. The highest BCUT2D eigenvalue weighted by atomic mass is 19.1. The number of benzene rings is 2. The highest BCUT2D eigenvalue weighted by Gasteiger charge is 2.59. The lowest BCUT2D eigenvalue weighted by atomic mass is 9.75. The zero-order valence-corrected chi connectivity index (χ0v) is 12.8. The van der Waals surface area contributed by atoms with Gasteiger partial charge in [-0.3, -0.25) is 10.1 Å². The summed E-state index contributed by atoms with van der Waals surface area (Å²) in [6, 6.07) is 11.8. The fourth-order valence-corrected chi connectivity index (χ4v) is 2.69. The maximum atomic E-state index is 13.4. The lowest BCUT2D eigenvalue weighted by molar-refractivity contribution is -0.385. The standard InChI is InChI=1S/C17H16FNO4/c1-16(2)11-22-17(16,23-15-5-3-4-13(18)10-15)12-6-8-14(9-7-12)19(20)21/h3-10H,11H2,1-2H3. The van der Waals surface area contributed by atoms with Crippen LogP contribution in [0.3, 0.4) is 0 Å². The van der Waals surface area contributed by atoms with Gasteiger partial charge < -0.3 is 9.47 Å². The van der Waals surface area contributed by atoms with Crippen LogP contribution in [0.5, 0.6) is 5.75 Å². The van der Waals surface area contributed by atoms with Crippen LogP contribution >= 0.6 is 0 Å². The number of non-ortho nitro benzene ring substituents is 1. The van der Waals surface area contributed by atoms with Gasteiger partial charge in [0, 0.05) is 23.8 Å². The maximum absolute atomic E-state index is 13.4. The first-order chi connectivity index (χ1) is 10.8. The average molecular weight is 317 g/mol. The van der Waals surface area contributed by atoms with Crippen LogP contribution in [0, 0.1) is 21.3 Å². The number of hydrogen-bond donors (Lipinski definition) is 0. The van der Waals surface area contributed by atoms with Gasteiger partial charge in [0.1, 0.15) is 11.6 Å². The van der Waals surface area contributed by atoms with Crippen LogP contribution in [0.2, 0.25) is 0 Å². The van der Waals surface area contributed by atoms with E-state index in [1.54, 1.807) is 24.3 Å². The second-order valence-corrected chi connectivity index (χ2v) is 6.15. The average Bonchev–Trinajstić information content (AvgIpc) is 2.51. The Labute approximate surface area is 132 Å². The largest absolute Gasteiger partial charge is 0.457 e. The molecule has 0 saturated carbocycles. The van der Waals surface area contributed by atoms with Crippen LogP contribution in [-0.4, -0.2) is 11.5 Å². The van der Waals surface area contributed by atoms with E-state index in [4.69, 9.17) is 9.47 Å². The molecule has 2 aromatic rings. The Morgan fingerprint density at radius 2 is 1.91 bits per heavy atom. The number of halogens is 1. The monoisotopic (exact) mass is 317 g/mol. The molecular weight excluding hydrogens is 301 g/mol. The molecule has 6 heteroatoms. The van der Waals surface area contributed by atoms with Crippen molar-refractivity contribution in [3.8, 4) is 5.75 Å². The first kappa shape index (κ1) is 15.4. The van der Waals surface area contributed by atoms with E-state index >= 15 is 0 Å². The first-order valence-corrected chi connectivity index (χ1v) is 7.18. The first-order valence-electron chi connectivity index (χ1n) is 7.18. The minimum atomic E-state index is -1.10. The summed E-state index contributed by atoms with van der Waals surface area (Å²) in [5.41, 5.74) is 0.283. The van der Waals surface area contributed by atoms with E-state index in [1.807, 2.05) is 13.8 Å². The van der Waals surface area contributed by atoms with Crippen molar-refractivity contribution in [2.24, 2.45) is 5.41 Å². The van der Waals surface area contributed by atoms with Crippen LogP contribution < -0.4 is 4.74 Å². The van der Waals surface area contributed by atoms with Crippen molar-refractivity contribution in [1.29, 1.82) is 0 Å². The molecule has 1 atom stereocenters. The van der Waals surface area contributed by atoms with Gasteiger partial charge in [-0.15, -0.1) is 0 Å². The van der Waals surface area contributed by atoms with E-state index in [1.165, 1.54) is 24.3 Å². The molecule has 0 radical (unpaired) electrons. The molecule has 3 rings (SSSR count). The number of hydrogen-bond acceptors (Lipinski definition) is 4. The molecule has 0 aliphatic carbocycles. The van der Waals surface area contributed by atoms with E-state index in [2.05, 4.69) is 0 Å². The Bertz CT molecular complexity index is 745. The van der Waals surface area contributed by atoms with Gasteiger partial charge in [-0.1, -0.05) is 19.9 Å². The summed E-state index contributed by atoms with van der Waals surface area (Å²) >= 11 is 0. The molecule has 1 fully saturated rings. The normalized spacial score (nSPS) is 22.2. The smallest absolute Gasteiger partial charge is 0.269 e. The number of rotatable bonds is 4. The number of ether oxygens (including phenoxy) is 2. The highest BCUT2D eigenvalue weighted by molar-refractivity contribution is 5.37. The van der Waals surface area contributed by atoms with Crippen molar-refractivity contribution in [3.63, 3.8) is 0 Å². The molecule has 0 N–H and O–H groups in total. The minimum Gasteiger partial charge on any atom is -0.457 e. The fraction of sp³-hybridized carbons (Fsp3) is 0.294. The van der Waals surface area contributed by atoms with Crippen molar-refractivity contribution < 1.29 is 18.8 Å². The molecule has 1 heterocycles. The third-order valence-electron chi connectivity index (χ3n) is 4.04. The van der Waals surface area contributed by atoms with Gasteiger partial charge in [0.05, 0.1) is 16.9 Å². The van der Waals surface area contributed by atoms with Crippen molar-refractivity contribution in [2.45, 2.75) is 19.6 Å². The van der Waals surface area contributed by atoms with Gasteiger partial charge in [-0.05, 0) is 24.3 Å². The van der Waals surface area contributed by atoms with Crippen LogP contribution in [0.15, 0.2) is 48.5 Å². The second-order valence-electron chi connectivity index (χ2n) is 6.15. The summed E-state index contributed by atoms with van der Waals surface area (Å²) in [7, 11) is 0. The maximum Gasteiger partial charge on any atom is 0.269 e. The lowest BCUT2D eigenvalue weighted by Gasteiger charge is -2.54. The Hall–Kier alpha value is -2.47. The van der Waals surface area contributed by atoms with Gasteiger partial charge in [0.2, 0.25) is 5.79 Å². The van der Waals surface area contributed by atoms with Gasteiger partial charge in [-0.2, -0.15) is 0 Å². The van der Waals surface area contributed by atoms with Gasteiger partial charge in [-0.25, -0.2) is 4.39 Å². The molecule has 23 heavy (non-hydrogen) atoms. The fourth-order valence-electron chi connectivity index (χ4n) is 2.69. The number of nitro benzene ring substituents is 1. The van der Waals surface area contributed by atoms with Crippen LogP contribution in [0.4, 0.5) is 10.1 Å². The summed E-state index contributed by atoms with van der Waals surface area (Å²) in [6.07, 6.45) is 0. The molecule has 1 aliphatic heterocycles. The number of nitro groups is 1. The van der Waals surface area contributed by atoms with Crippen LogP contribution in [0.25, 0.3) is 0 Å². The topological polar surface area (TPSA) is 61.6 Å². The SMILES string of the molecule is CC1(C)COC1(Oc1cccc(F)c1)c1ccc([N+](=O)[O-])cc1. The predicted octanol–water partition coefficient (Wildman–Crippen LogP) is 4.02. The zero-order chi connectivity index (χ0) is 16.7. The Balaban J connectivity index is 1.99. The van der Waals surface area contributed by atoms with Crippen molar-refractivity contribution in [2.75, 3.05) is 6.61 Å². The summed E-state index contributed by atoms with van der Waals surface area (Å²) in [6.45, 7) is 4.41. The summed E-state index contributed by atoms with van der Waals surface area (Å²) in [4.78, 5) is 10.3.